The summed E-state index contributed by atoms with van der Waals surface area (Å²) in [5.74, 6) is 0. The second kappa shape index (κ2) is 7.19. The number of aromatic nitrogens is 1. The van der Waals surface area contributed by atoms with Crippen LogP contribution in [0, 0.1) is 0 Å². The van der Waals surface area contributed by atoms with E-state index in [0.717, 1.165) is 35.2 Å². The van der Waals surface area contributed by atoms with Crippen LogP contribution in [0.25, 0.3) is 10.9 Å². The lowest BCUT2D eigenvalue weighted by atomic mass is 10.1. The average molecular weight is 275 g/mol. The van der Waals surface area contributed by atoms with E-state index < -0.39 is 0 Å². The molecule has 0 spiro atoms. The molecule has 0 fully saturated rings. The van der Waals surface area contributed by atoms with Crippen molar-refractivity contribution in [3.63, 3.8) is 0 Å². The van der Waals surface area contributed by atoms with E-state index in [-0.39, 0.29) is 6.61 Å². The third kappa shape index (κ3) is 3.45. The number of aliphatic hydroxyl groups is 1. The van der Waals surface area contributed by atoms with Gasteiger partial charge in [-0.05, 0) is 23.8 Å². The fourth-order valence-corrected chi connectivity index (χ4v) is 2.25. The van der Waals surface area contributed by atoms with Gasteiger partial charge in [0.1, 0.15) is 0 Å². The molecule has 2 aromatic rings. The van der Waals surface area contributed by atoms with Crippen LogP contribution in [0.3, 0.4) is 0 Å². The molecule has 0 unspecified atom stereocenters. The molecular weight excluding hydrogens is 254 g/mol. The first-order valence-corrected chi connectivity index (χ1v) is 6.70. The van der Waals surface area contributed by atoms with E-state index >= 15 is 0 Å². The first kappa shape index (κ1) is 14.7. The van der Waals surface area contributed by atoms with Gasteiger partial charge in [-0.25, -0.2) is 0 Å². The monoisotopic (exact) mass is 275 g/mol. The van der Waals surface area contributed by atoms with Gasteiger partial charge in [0.25, 0.3) is 0 Å². The minimum atomic E-state index is 0.129. The molecule has 0 saturated heterocycles. The van der Waals surface area contributed by atoms with Crippen LogP contribution in [0.2, 0.25) is 0 Å². The van der Waals surface area contributed by atoms with Gasteiger partial charge in [-0.2, -0.15) is 0 Å². The van der Waals surface area contributed by atoms with Crippen LogP contribution in [0.15, 0.2) is 30.5 Å². The van der Waals surface area contributed by atoms with E-state index in [0.29, 0.717) is 13.2 Å². The summed E-state index contributed by atoms with van der Waals surface area (Å²) >= 11 is 0. The lowest BCUT2D eigenvalue weighted by molar-refractivity contribution is 0.127. The number of fused-ring (bicyclic) bond motifs is 1. The van der Waals surface area contributed by atoms with Crippen molar-refractivity contribution in [2.75, 3.05) is 39.1 Å². The third-order valence-electron chi connectivity index (χ3n) is 3.31. The Hall–Kier alpha value is -1.69. The van der Waals surface area contributed by atoms with Crippen molar-refractivity contribution in [3.8, 4) is 0 Å². The number of nitrogen functional groups attached to an aromatic ring is 1. The number of methoxy groups -OCH3 is 1. The number of nitrogens with zero attached hydrogens (tertiary/aromatic N) is 2. The highest BCUT2D eigenvalue weighted by atomic mass is 16.5. The molecular formula is C15H21N3O2. The maximum absolute atomic E-state index is 9.15. The molecule has 1 aromatic carbocycles. The van der Waals surface area contributed by atoms with Crippen molar-refractivity contribution >= 4 is 16.6 Å². The van der Waals surface area contributed by atoms with Gasteiger partial charge < -0.3 is 15.6 Å². The van der Waals surface area contributed by atoms with Crippen molar-refractivity contribution in [2.24, 2.45) is 0 Å². The molecule has 3 N–H and O–H groups in total. The predicted molar refractivity (Wildman–Crippen MR) is 80.4 cm³/mol. The molecule has 0 atom stereocenters. The summed E-state index contributed by atoms with van der Waals surface area (Å²) in [6.45, 7) is 2.87. The Morgan fingerprint density at radius 3 is 2.90 bits per heavy atom. The summed E-state index contributed by atoms with van der Waals surface area (Å²) in [6.07, 6.45) is 1.77. The summed E-state index contributed by atoms with van der Waals surface area (Å²) < 4.78 is 5.10. The standard InChI is InChI=1S/C15H21N3O2/c1-20-10-8-18(7-9-19)11-12-4-5-14(16)13-3-2-6-17-15(12)13/h2-6,19H,7-11,16H2,1H3. The fourth-order valence-electron chi connectivity index (χ4n) is 2.25. The highest BCUT2D eigenvalue weighted by molar-refractivity contribution is 5.92. The molecule has 1 aromatic heterocycles. The highest BCUT2D eigenvalue weighted by Crippen LogP contribution is 2.23. The van der Waals surface area contributed by atoms with Crippen LogP contribution in [0.1, 0.15) is 5.56 Å². The van der Waals surface area contributed by atoms with Crippen LogP contribution < -0.4 is 5.73 Å². The Bertz CT molecular complexity index is 560. The number of anilines is 1. The molecule has 20 heavy (non-hydrogen) atoms. The molecule has 0 radical (unpaired) electrons. The lowest BCUT2D eigenvalue weighted by Gasteiger charge is -2.21. The minimum Gasteiger partial charge on any atom is -0.398 e. The van der Waals surface area contributed by atoms with Gasteiger partial charge in [-0.3, -0.25) is 9.88 Å². The van der Waals surface area contributed by atoms with E-state index in [9.17, 15) is 0 Å². The molecule has 5 nitrogen and oxygen atoms in total. The van der Waals surface area contributed by atoms with Gasteiger partial charge in [0.15, 0.2) is 0 Å². The van der Waals surface area contributed by atoms with Crippen LogP contribution in [0.5, 0.6) is 0 Å². The van der Waals surface area contributed by atoms with Gasteiger partial charge in [-0.1, -0.05) is 6.07 Å². The molecule has 5 heteroatoms. The van der Waals surface area contributed by atoms with Crippen LogP contribution >= 0.6 is 0 Å². The zero-order valence-electron chi connectivity index (χ0n) is 11.7. The molecule has 2 rings (SSSR count). The molecule has 0 bridgehead atoms. The number of rotatable bonds is 7. The minimum absolute atomic E-state index is 0.129. The molecule has 0 amide bonds. The van der Waals surface area contributed by atoms with Crippen LogP contribution in [0.4, 0.5) is 5.69 Å². The topological polar surface area (TPSA) is 71.6 Å². The maximum atomic E-state index is 9.15. The van der Waals surface area contributed by atoms with Gasteiger partial charge in [0, 0.05) is 44.0 Å². The number of aliphatic hydroxyl groups excluding tert-OH is 1. The first-order valence-electron chi connectivity index (χ1n) is 6.70. The second-order valence-corrected chi connectivity index (χ2v) is 4.71. The van der Waals surface area contributed by atoms with Crippen molar-refractivity contribution in [3.05, 3.63) is 36.0 Å². The molecule has 1 heterocycles. The fraction of sp³-hybridized carbons (Fsp3) is 0.400. The molecule has 0 saturated carbocycles. The number of ether oxygens (including phenoxy) is 1. The number of nitrogens with two attached hydrogens (primary N) is 1. The van der Waals surface area contributed by atoms with Gasteiger partial charge >= 0.3 is 0 Å². The van der Waals surface area contributed by atoms with E-state index in [1.807, 2.05) is 24.3 Å². The largest absolute Gasteiger partial charge is 0.398 e. The maximum Gasteiger partial charge on any atom is 0.0767 e. The second-order valence-electron chi connectivity index (χ2n) is 4.71. The van der Waals surface area contributed by atoms with Gasteiger partial charge in [-0.15, -0.1) is 0 Å². The van der Waals surface area contributed by atoms with Gasteiger partial charge in [0.2, 0.25) is 0 Å². The van der Waals surface area contributed by atoms with E-state index in [1.165, 1.54) is 0 Å². The summed E-state index contributed by atoms with van der Waals surface area (Å²) in [7, 11) is 1.68. The zero-order chi connectivity index (χ0) is 14.4. The number of pyridine rings is 1. The Labute approximate surface area is 119 Å². The summed E-state index contributed by atoms with van der Waals surface area (Å²) in [6, 6.07) is 7.78. The Balaban J connectivity index is 2.25. The summed E-state index contributed by atoms with van der Waals surface area (Å²) in [4.78, 5) is 6.58. The normalized spacial score (nSPS) is 11.3. The Kier molecular flexibility index (Phi) is 5.29. The Morgan fingerprint density at radius 1 is 1.30 bits per heavy atom. The number of hydrogen-bond donors (Lipinski definition) is 2. The SMILES string of the molecule is COCCN(CCO)Cc1ccc(N)c2cccnc12. The van der Waals surface area contributed by atoms with E-state index in [2.05, 4.69) is 9.88 Å². The molecule has 0 aliphatic heterocycles. The summed E-state index contributed by atoms with van der Waals surface area (Å²) in [5.41, 5.74) is 8.75. The average Bonchev–Trinajstić information content (AvgIpc) is 2.48. The molecule has 0 aliphatic carbocycles. The molecule has 0 aliphatic rings. The van der Waals surface area contributed by atoms with Gasteiger partial charge in [0.05, 0.1) is 18.7 Å². The number of benzene rings is 1. The Morgan fingerprint density at radius 2 is 2.15 bits per heavy atom. The number of hydrogen-bond acceptors (Lipinski definition) is 5. The van der Waals surface area contributed by atoms with E-state index in [1.54, 1.807) is 13.3 Å². The van der Waals surface area contributed by atoms with E-state index in [4.69, 9.17) is 15.6 Å². The smallest absolute Gasteiger partial charge is 0.0767 e. The van der Waals surface area contributed by atoms with Crippen molar-refractivity contribution in [1.82, 2.24) is 9.88 Å². The first-order chi connectivity index (χ1) is 9.76. The van der Waals surface area contributed by atoms with Crippen LogP contribution in [-0.2, 0) is 11.3 Å². The van der Waals surface area contributed by atoms with Crippen molar-refractivity contribution in [2.45, 2.75) is 6.54 Å². The zero-order valence-corrected chi connectivity index (χ0v) is 11.7. The lowest BCUT2D eigenvalue weighted by Crippen LogP contribution is -2.30. The van der Waals surface area contributed by atoms with Crippen LogP contribution in [-0.4, -0.2) is 48.4 Å². The molecule has 108 valence electrons. The van der Waals surface area contributed by atoms with Crippen molar-refractivity contribution in [1.29, 1.82) is 0 Å². The quantitative estimate of drug-likeness (QED) is 0.744. The third-order valence-corrected chi connectivity index (χ3v) is 3.31. The highest BCUT2D eigenvalue weighted by Gasteiger charge is 2.10. The predicted octanol–water partition coefficient (Wildman–Crippen LogP) is 1.26. The van der Waals surface area contributed by atoms with Crippen molar-refractivity contribution < 1.29 is 9.84 Å². The summed E-state index contributed by atoms with van der Waals surface area (Å²) in [5, 5.41) is 10.1.